The van der Waals surface area contributed by atoms with E-state index in [4.69, 9.17) is 4.98 Å². The van der Waals surface area contributed by atoms with Crippen molar-refractivity contribution in [3.8, 4) is 0 Å². The first-order valence-electron chi connectivity index (χ1n) is 7.57. The number of hydrogen-bond donors (Lipinski definition) is 1. The first-order chi connectivity index (χ1) is 9.11. The molecule has 0 amide bonds. The van der Waals surface area contributed by atoms with Crippen LogP contribution in [0, 0.1) is 5.41 Å². The summed E-state index contributed by atoms with van der Waals surface area (Å²) in [6.07, 6.45) is 4.96. The molecule has 0 aromatic carbocycles. The lowest BCUT2D eigenvalue weighted by molar-refractivity contribution is 0.325. The Morgan fingerprint density at radius 3 is 2.89 bits per heavy atom. The van der Waals surface area contributed by atoms with Crippen molar-refractivity contribution in [1.29, 1.82) is 0 Å². The molecule has 0 spiro atoms. The highest BCUT2D eigenvalue weighted by Crippen LogP contribution is 2.31. The largest absolute Gasteiger partial charge is 0.370 e. The van der Waals surface area contributed by atoms with E-state index in [0.29, 0.717) is 5.41 Å². The van der Waals surface area contributed by atoms with Crippen molar-refractivity contribution in [3.63, 3.8) is 0 Å². The van der Waals surface area contributed by atoms with Gasteiger partial charge in [-0.15, -0.1) is 0 Å². The fourth-order valence-electron chi connectivity index (χ4n) is 2.60. The van der Waals surface area contributed by atoms with E-state index in [1.54, 1.807) is 0 Å². The van der Waals surface area contributed by atoms with Crippen molar-refractivity contribution in [2.45, 2.75) is 46.5 Å². The molecule has 0 radical (unpaired) electrons. The minimum atomic E-state index is 0.479. The van der Waals surface area contributed by atoms with Crippen molar-refractivity contribution in [1.82, 2.24) is 4.98 Å². The zero-order chi connectivity index (χ0) is 13.7. The first-order valence-corrected chi connectivity index (χ1v) is 7.57. The summed E-state index contributed by atoms with van der Waals surface area (Å²) in [6, 6.07) is 6.30. The predicted octanol–water partition coefficient (Wildman–Crippen LogP) is 3.92. The molecule has 0 atom stereocenters. The predicted molar refractivity (Wildman–Crippen MR) is 82.9 cm³/mol. The van der Waals surface area contributed by atoms with Crippen molar-refractivity contribution in [2.75, 3.05) is 29.9 Å². The molecule has 3 nitrogen and oxygen atoms in total. The summed E-state index contributed by atoms with van der Waals surface area (Å²) in [5.74, 6) is 2.13. The average Bonchev–Trinajstić information content (AvgIpc) is 2.58. The zero-order valence-corrected chi connectivity index (χ0v) is 12.6. The van der Waals surface area contributed by atoms with E-state index in [1.165, 1.54) is 19.3 Å². The minimum absolute atomic E-state index is 0.479. The van der Waals surface area contributed by atoms with Gasteiger partial charge in [-0.05, 0) is 43.2 Å². The number of hydrogen-bond acceptors (Lipinski definition) is 3. The second-order valence-corrected chi connectivity index (χ2v) is 6.31. The molecule has 3 heteroatoms. The molecule has 0 bridgehead atoms. The number of pyridine rings is 1. The SMILES string of the molecule is CCCNc1cccc(N2CCCC(C)(C)CC2)n1. The summed E-state index contributed by atoms with van der Waals surface area (Å²) in [7, 11) is 0. The number of nitrogens with one attached hydrogen (secondary N) is 1. The quantitative estimate of drug-likeness (QED) is 0.890. The van der Waals surface area contributed by atoms with Crippen molar-refractivity contribution >= 4 is 11.6 Å². The Bertz CT molecular complexity index is 401. The lowest BCUT2D eigenvalue weighted by atomic mass is 9.85. The second kappa shape index (κ2) is 6.27. The van der Waals surface area contributed by atoms with Crippen LogP contribution < -0.4 is 10.2 Å². The third-order valence-electron chi connectivity index (χ3n) is 3.95. The Balaban J connectivity index is 2.04. The van der Waals surface area contributed by atoms with Crippen molar-refractivity contribution in [3.05, 3.63) is 18.2 Å². The zero-order valence-electron chi connectivity index (χ0n) is 12.6. The van der Waals surface area contributed by atoms with E-state index >= 15 is 0 Å². The van der Waals surface area contributed by atoms with Crippen LogP contribution in [0.1, 0.15) is 46.5 Å². The Kier molecular flexibility index (Phi) is 4.67. The van der Waals surface area contributed by atoms with Gasteiger partial charge in [-0.3, -0.25) is 0 Å². The summed E-state index contributed by atoms with van der Waals surface area (Å²) in [5.41, 5.74) is 0.479. The van der Waals surface area contributed by atoms with Gasteiger partial charge in [0, 0.05) is 19.6 Å². The van der Waals surface area contributed by atoms with Crippen LogP contribution >= 0.6 is 0 Å². The molecular weight excluding hydrogens is 234 g/mol. The fraction of sp³-hybridized carbons (Fsp3) is 0.688. The average molecular weight is 261 g/mol. The topological polar surface area (TPSA) is 28.2 Å². The van der Waals surface area contributed by atoms with E-state index in [1.807, 2.05) is 0 Å². The molecule has 0 aliphatic carbocycles. The smallest absolute Gasteiger partial charge is 0.130 e. The third-order valence-corrected chi connectivity index (χ3v) is 3.95. The van der Waals surface area contributed by atoms with Crippen molar-refractivity contribution < 1.29 is 0 Å². The van der Waals surface area contributed by atoms with Crippen LogP contribution in [0.3, 0.4) is 0 Å². The van der Waals surface area contributed by atoms with Gasteiger partial charge in [-0.2, -0.15) is 0 Å². The highest BCUT2D eigenvalue weighted by atomic mass is 15.2. The maximum atomic E-state index is 4.74. The van der Waals surface area contributed by atoms with Gasteiger partial charge in [0.1, 0.15) is 11.6 Å². The molecule has 2 heterocycles. The maximum absolute atomic E-state index is 4.74. The standard InChI is InChI=1S/C16H27N3/c1-4-11-17-14-7-5-8-15(18-14)19-12-6-9-16(2,3)10-13-19/h5,7-8H,4,6,9-13H2,1-3H3,(H,17,18). The van der Waals surface area contributed by atoms with Gasteiger partial charge in [-0.25, -0.2) is 4.98 Å². The normalized spacial score (nSPS) is 19.0. The van der Waals surface area contributed by atoms with Crippen LogP contribution in [-0.4, -0.2) is 24.6 Å². The lowest BCUT2D eigenvalue weighted by Gasteiger charge is -2.24. The van der Waals surface area contributed by atoms with Crippen LogP contribution in [-0.2, 0) is 0 Å². The molecule has 1 fully saturated rings. The van der Waals surface area contributed by atoms with E-state index in [9.17, 15) is 0 Å². The van der Waals surface area contributed by atoms with Crippen LogP contribution in [0.5, 0.6) is 0 Å². The number of nitrogens with zero attached hydrogens (tertiary/aromatic N) is 2. The molecule has 0 saturated carbocycles. The van der Waals surface area contributed by atoms with Crippen LogP contribution in [0.25, 0.3) is 0 Å². The van der Waals surface area contributed by atoms with Crippen LogP contribution in [0.2, 0.25) is 0 Å². The summed E-state index contributed by atoms with van der Waals surface area (Å²) >= 11 is 0. The van der Waals surface area contributed by atoms with Gasteiger partial charge in [0.15, 0.2) is 0 Å². The summed E-state index contributed by atoms with van der Waals surface area (Å²) in [5, 5.41) is 3.37. The summed E-state index contributed by atoms with van der Waals surface area (Å²) in [6.45, 7) is 10.2. The van der Waals surface area contributed by atoms with E-state index < -0.39 is 0 Å². The van der Waals surface area contributed by atoms with Gasteiger partial charge in [0.2, 0.25) is 0 Å². The highest BCUT2D eigenvalue weighted by Gasteiger charge is 2.23. The van der Waals surface area contributed by atoms with Crippen molar-refractivity contribution in [2.24, 2.45) is 5.41 Å². The number of aromatic nitrogens is 1. The highest BCUT2D eigenvalue weighted by molar-refractivity contribution is 5.47. The molecule has 1 N–H and O–H groups in total. The molecule has 106 valence electrons. The Hall–Kier alpha value is -1.25. The molecule has 1 aliphatic heterocycles. The Labute approximate surface area is 117 Å². The van der Waals surface area contributed by atoms with Gasteiger partial charge in [-0.1, -0.05) is 26.8 Å². The van der Waals surface area contributed by atoms with Gasteiger partial charge >= 0.3 is 0 Å². The molecule has 1 aromatic heterocycles. The molecule has 1 aromatic rings. The van der Waals surface area contributed by atoms with Crippen LogP contribution in [0.15, 0.2) is 18.2 Å². The number of rotatable bonds is 4. The molecular formula is C16H27N3. The maximum Gasteiger partial charge on any atom is 0.130 e. The molecule has 1 aliphatic rings. The van der Waals surface area contributed by atoms with Gasteiger partial charge < -0.3 is 10.2 Å². The van der Waals surface area contributed by atoms with Crippen LogP contribution in [0.4, 0.5) is 11.6 Å². The Morgan fingerprint density at radius 2 is 2.11 bits per heavy atom. The van der Waals surface area contributed by atoms with E-state index in [2.05, 4.69) is 49.2 Å². The minimum Gasteiger partial charge on any atom is -0.370 e. The fourth-order valence-corrected chi connectivity index (χ4v) is 2.60. The second-order valence-electron chi connectivity index (χ2n) is 6.31. The van der Waals surface area contributed by atoms with E-state index in [0.717, 1.165) is 37.7 Å². The van der Waals surface area contributed by atoms with Gasteiger partial charge in [0.05, 0.1) is 0 Å². The molecule has 0 unspecified atom stereocenters. The van der Waals surface area contributed by atoms with Gasteiger partial charge in [0.25, 0.3) is 0 Å². The third kappa shape index (κ3) is 4.12. The molecule has 2 rings (SSSR count). The lowest BCUT2D eigenvalue weighted by Crippen LogP contribution is -2.26. The first kappa shape index (κ1) is 14.2. The van der Waals surface area contributed by atoms with E-state index in [-0.39, 0.29) is 0 Å². The summed E-state index contributed by atoms with van der Waals surface area (Å²) < 4.78 is 0. The molecule has 1 saturated heterocycles. The monoisotopic (exact) mass is 261 g/mol. The summed E-state index contributed by atoms with van der Waals surface area (Å²) in [4.78, 5) is 7.17. The number of anilines is 2. The molecule has 19 heavy (non-hydrogen) atoms. The Morgan fingerprint density at radius 1 is 1.26 bits per heavy atom.